The van der Waals surface area contributed by atoms with Crippen molar-refractivity contribution in [3.63, 3.8) is 0 Å². The molecule has 0 radical (unpaired) electrons. The van der Waals surface area contributed by atoms with E-state index in [2.05, 4.69) is 15.9 Å². The number of carbonyl (C=O) groups is 4. The van der Waals surface area contributed by atoms with Gasteiger partial charge >= 0.3 is 0 Å². The molecule has 1 heterocycles. The number of hydrogen-bond donors (Lipinski definition) is 0. The van der Waals surface area contributed by atoms with Crippen LogP contribution in [-0.2, 0) is 9.59 Å². The van der Waals surface area contributed by atoms with Gasteiger partial charge in [-0.25, -0.2) is 5.01 Å². The topological polar surface area (TPSA) is 118 Å². The van der Waals surface area contributed by atoms with Crippen LogP contribution >= 0.6 is 15.9 Å². The molecule has 0 bridgehead atoms. The summed E-state index contributed by atoms with van der Waals surface area (Å²) >= 11 is 3.30. The number of Topliss-reactive ketones (excluding diaryl/α,β-unsaturated/α-hetero) is 1. The molecule has 0 unspecified atom stereocenters. The number of rotatable bonds is 6. The number of halogens is 1. The lowest BCUT2D eigenvalue weighted by molar-refractivity contribution is -0.384. The Morgan fingerprint density at radius 2 is 1.74 bits per heavy atom. The standard InChI is InChI=1S/C24H22BrN3O6/c1-14-5-10-19-20(11-14)24(32)27(23(19)31)26(13-21(29)15-6-8-17(25)9-7-15)22(30)16-3-2-4-18(12-16)28(33)34/h2-4,6-9,12,14,19-20H,5,10-11,13H2,1H3/t14-,19+,20+/m1/s1. The number of carbonyl (C=O) groups excluding carboxylic acids is 4. The van der Waals surface area contributed by atoms with Crippen molar-refractivity contribution in [2.75, 3.05) is 6.54 Å². The van der Waals surface area contributed by atoms with Gasteiger partial charge in [-0.1, -0.05) is 41.1 Å². The predicted molar refractivity (Wildman–Crippen MR) is 124 cm³/mol. The van der Waals surface area contributed by atoms with E-state index in [0.717, 1.165) is 27.0 Å². The molecule has 2 aromatic rings. The van der Waals surface area contributed by atoms with E-state index >= 15 is 0 Å². The summed E-state index contributed by atoms with van der Waals surface area (Å²) in [5.74, 6) is -3.14. The van der Waals surface area contributed by atoms with Gasteiger partial charge in [-0.05, 0) is 43.4 Å². The number of imide groups is 1. The molecule has 9 nitrogen and oxygen atoms in total. The first kappa shape index (κ1) is 23.7. The summed E-state index contributed by atoms with van der Waals surface area (Å²) in [4.78, 5) is 63.6. The lowest BCUT2D eigenvalue weighted by Gasteiger charge is -2.30. The van der Waals surface area contributed by atoms with Crippen molar-refractivity contribution in [3.05, 3.63) is 74.2 Å². The van der Waals surface area contributed by atoms with Crippen LogP contribution in [0.15, 0.2) is 53.0 Å². The van der Waals surface area contributed by atoms with E-state index in [0.29, 0.717) is 18.4 Å². The summed E-state index contributed by atoms with van der Waals surface area (Å²) < 4.78 is 0.761. The molecule has 0 N–H and O–H groups in total. The van der Waals surface area contributed by atoms with Gasteiger partial charge in [0.25, 0.3) is 23.4 Å². The van der Waals surface area contributed by atoms with Crippen LogP contribution < -0.4 is 0 Å². The van der Waals surface area contributed by atoms with Gasteiger partial charge in [-0.3, -0.25) is 29.3 Å². The number of nitro groups is 1. The average molecular weight is 528 g/mol. The molecule has 4 rings (SSSR count). The van der Waals surface area contributed by atoms with Gasteiger partial charge in [0.15, 0.2) is 5.78 Å². The van der Waals surface area contributed by atoms with E-state index in [-0.39, 0.29) is 17.2 Å². The number of hydrazine groups is 1. The summed E-state index contributed by atoms with van der Waals surface area (Å²) in [6, 6.07) is 11.5. The highest BCUT2D eigenvalue weighted by Crippen LogP contribution is 2.41. The van der Waals surface area contributed by atoms with Crippen LogP contribution in [0.3, 0.4) is 0 Å². The summed E-state index contributed by atoms with van der Waals surface area (Å²) in [5, 5.41) is 12.8. The zero-order valence-corrected chi connectivity index (χ0v) is 19.9. The highest BCUT2D eigenvalue weighted by Gasteiger charge is 2.52. The average Bonchev–Trinajstić information content (AvgIpc) is 3.06. The first-order valence-electron chi connectivity index (χ1n) is 10.9. The normalized spacial score (nSPS) is 21.8. The minimum absolute atomic E-state index is 0.0957. The van der Waals surface area contributed by atoms with E-state index in [4.69, 9.17) is 0 Å². The Morgan fingerprint density at radius 1 is 1.06 bits per heavy atom. The SMILES string of the molecule is C[C@@H]1CC[C@@H]2C(=O)N(N(CC(=O)c3ccc(Br)cc3)C(=O)c3cccc([N+](=O)[O-])c3)C(=O)[C@H]2C1. The second-order valence-electron chi connectivity index (χ2n) is 8.72. The number of benzene rings is 2. The van der Waals surface area contributed by atoms with Crippen LogP contribution in [0.5, 0.6) is 0 Å². The van der Waals surface area contributed by atoms with E-state index in [1.54, 1.807) is 24.3 Å². The van der Waals surface area contributed by atoms with Gasteiger partial charge in [0.05, 0.1) is 16.8 Å². The summed E-state index contributed by atoms with van der Waals surface area (Å²) in [7, 11) is 0. The number of ketones is 1. The zero-order valence-electron chi connectivity index (χ0n) is 18.3. The van der Waals surface area contributed by atoms with Crippen LogP contribution in [-0.4, -0.2) is 45.0 Å². The van der Waals surface area contributed by atoms with Gasteiger partial charge in [-0.15, -0.1) is 0 Å². The third kappa shape index (κ3) is 4.50. The van der Waals surface area contributed by atoms with Crippen molar-refractivity contribution in [2.24, 2.45) is 17.8 Å². The summed E-state index contributed by atoms with van der Waals surface area (Å²) in [6.45, 7) is 1.45. The molecule has 3 amide bonds. The maximum atomic E-state index is 13.5. The largest absolute Gasteiger partial charge is 0.292 e. The summed E-state index contributed by atoms with van der Waals surface area (Å²) in [6.07, 6.45) is 1.86. The Morgan fingerprint density at radius 3 is 2.41 bits per heavy atom. The van der Waals surface area contributed by atoms with Gasteiger partial charge in [0.1, 0.15) is 6.54 Å². The minimum Gasteiger partial charge on any atom is -0.292 e. The van der Waals surface area contributed by atoms with E-state index in [9.17, 15) is 29.3 Å². The number of fused-ring (bicyclic) bond motifs is 1. The van der Waals surface area contributed by atoms with E-state index in [1.807, 2.05) is 6.92 Å². The van der Waals surface area contributed by atoms with Gasteiger partial charge in [-0.2, -0.15) is 5.01 Å². The molecule has 0 spiro atoms. The highest BCUT2D eigenvalue weighted by molar-refractivity contribution is 9.10. The van der Waals surface area contributed by atoms with Gasteiger partial charge < -0.3 is 0 Å². The Bertz CT molecular complexity index is 1180. The molecule has 0 aromatic heterocycles. The predicted octanol–water partition coefficient (Wildman–Crippen LogP) is 4.02. The fourth-order valence-electron chi connectivity index (χ4n) is 4.61. The fourth-order valence-corrected chi connectivity index (χ4v) is 4.87. The van der Waals surface area contributed by atoms with Gasteiger partial charge in [0.2, 0.25) is 0 Å². The smallest absolute Gasteiger partial charge is 0.273 e. The van der Waals surface area contributed by atoms with Crippen molar-refractivity contribution in [1.29, 1.82) is 0 Å². The van der Waals surface area contributed by atoms with E-state index < -0.39 is 46.8 Å². The monoisotopic (exact) mass is 527 g/mol. The molecular formula is C24H22BrN3O6. The molecule has 2 aliphatic rings. The number of hydrogen-bond acceptors (Lipinski definition) is 6. The number of nitro benzene ring substituents is 1. The Balaban J connectivity index is 1.71. The quantitative estimate of drug-likeness (QED) is 0.242. The van der Waals surface area contributed by atoms with Crippen LogP contribution in [0, 0.1) is 27.9 Å². The lowest BCUT2D eigenvalue weighted by atomic mass is 9.76. The van der Waals surface area contributed by atoms with Crippen LogP contribution in [0.2, 0.25) is 0 Å². The molecule has 10 heteroatoms. The van der Waals surface area contributed by atoms with Crippen LogP contribution in [0.25, 0.3) is 0 Å². The molecule has 1 aliphatic carbocycles. The van der Waals surface area contributed by atoms with Crippen molar-refractivity contribution in [1.82, 2.24) is 10.0 Å². The number of amides is 3. The van der Waals surface area contributed by atoms with E-state index in [1.165, 1.54) is 18.2 Å². The zero-order chi connectivity index (χ0) is 24.6. The molecule has 176 valence electrons. The molecule has 1 saturated heterocycles. The Labute approximate surface area is 204 Å². The van der Waals surface area contributed by atoms with Crippen molar-refractivity contribution >= 4 is 45.1 Å². The lowest BCUT2D eigenvalue weighted by Crippen LogP contribution is -2.52. The fraction of sp³-hybridized carbons (Fsp3) is 0.333. The molecule has 1 saturated carbocycles. The molecule has 2 fully saturated rings. The Hall–Kier alpha value is -3.40. The van der Waals surface area contributed by atoms with Crippen molar-refractivity contribution < 1.29 is 24.1 Å². The third-order valence-electron chi connectivity index (χ3n) is 6.40. The third-order valence-corrected chi connectivity index (χ3v) is 6.93. The maximum Gasteiger partial charge on any atom is 0.273 e. The number of nitrogens with zero attached hydrogens (tertiary/aromatic N) is 3. The maximum absolute atomic E-state index is 13.5. The summed E-state index contributed by atoms with van der Waals surface area (Å²) in [5.41, 5.74) is -0.113. The molecule has 1 aliphatic heterocycles. The first-order chi connectivity index (χ1) is 16.2. The molecule has 3 atom stereocenters. The minimum atomic E-state index is -0.831. The van der Waals surface area contributed by atoms with Crippen LogP contribution in [0.1, 0.15) is 46.9 Å². The molecule has 2 aromatic carbocycles. The van der Waals surface area contributed by atoms with Gasteiger partial charge in [0, 0.05) is 27.7 Å². The second kappa shape index (κ2) is 9.46. The highest BCUT2D eigenvalue weighted by atomic mass is 79.9. The van der Waals surface area contributed by atoms with Crippen molar-refractivity contribution in [3.8, 4) is 0 Å². The molecular weight excluding hydrogens is 506 g/mol. The molecule has 34 heavy (non-hydrogen) atoms. The van der Waals surface area contributed by atoms with Crippen LogP contribution in [0.4, 0.5) is 5.69 Å². The number of non-ortho nitro benzene ring substituents is 1. The first-order valence-corrected chi connectivity index (χ1v) is 11.7. The Kier molecular flexibility index (Phi) is 6.60. The van der Waals surface area contributed by atoms with Crippen molar-refractivity contribution in [2.45, 2.75) is 26.2 Å². The second-order valence-corrected chi connectivity index (χ2v) is 9.64.